The van der Waals surface area contributed by atoms with Gasteiger partial charge in [-0.1, -0.05) is 25.3 Å². The van der Waals surface area contributed by atoms with Crippen molar-refractivity contribution in [3.8, 4) is 0 Å². The van der Waals surface area contributed by atoms with Crippen LogP contribution in [0.15, 0.2) is 18.2 Å². The Bertz CT molecular complexity index is 913. The quantitative estimate of drug-likeness (QED) is 0.594. The van der Waals surface area contributed by atoms with Gasteiger partial charge >= 0.3 is 11.8 Å². The molecule has 1 aliphatic heterocycles. The second kappa shape index (κ2) is 10.4. The molecule has 3 fully saturated rings. The van der Waals surface area contributed by atoms with Gasteiger partial charge in [-0.05, 0) is 63.1 Å². The molecule has 1 heterocycles. The lowest BCUT2D eigenvalue weighted by molar-refractivity contribution is -0.139. The highest BCUT2D eigenvalue weighted by atomic mass is 16.2. The van der Waals surface area contributed by atoms with E-state index in [0.717, 1.165) is 44.1 Å². The van der Waals surface area contributed by atoms with E-state index in [2.05, 4.69) is 16.0 Å². The lowest BCUT2D eigenvalue weighted by atomic mass is 9.87. The molecule has 178 valence electrons. The summed E-state index contributed by atoms with van der Waals surface area (Å²) >= 11 is 0. The topological polar surface area (TPSA) is 108 Å². The molecule has 0 bridgehead atoms. The van der Waals surface area contributed by atoms with Crippen molar-refractivity contribution in [3.05, 3.63) is 29.3 Å². The highest BCUT2D eigenvalue weighted by Crippen LogP contribution is 2.27. The minimum atomic E-state index is -0.751. The summed E-state index contributed by atoms with van der Waals surface area (Å²) in [6, 6.07) is 5.19. The van der Waals surface area contributed by atoms with Crippen molar-refractivity contribution in [1.29, 1.82) is 0 Å². The van der Waals surface area contributed by atoms with E-state index < -0.39 is 11.8 Å². The number of anilines is 1. The highest BCUT2D eigenvalue weighted by Gasteiger charge is 2.30. The molecule has 3 aliphatic rings. The fourth-order valence-corrected chi connectivity index (χ4v) is 4.68. The van der Waals surface area contributed by atoms with Crippen molar-refractivity contribution in [2.24, 2.45) is 5.92 Å². The highest BCUT2D eigenvalue weighted by molar-refractivity contribution is 6.39. The zero-order valence-corrected chi connectivity index (χ0v) is 19.3. The summed E-state index contributed by atoms with van der Waals surface area (Å²) < 4.78 is 0. The zero-order valence-electron chi connectivity index (χ0n) is 19.3. The van der Waals surface area contributed by atoms with Crippen LogP contribution < -0.4 is 16.0 Å². The predicted octanol–water partition coefficient (Wildman–Crippen LogP) is 2.51. The molecular weight excluding hydrogens is 420 g/mol. The molecule has 8 heteroatoms. The van der Waals surface area contributed by atoms with Gasteiger partial charge in [0.05, 0.1) is 0 Å². The standard InChI is InChI=1S/C25H34N4O4/c1-16-7-8-18(22(30)26-19-9-10-19)15-21(16)28-24(32)23(31)27-20-11-13-29(14-12-20)25(33)17-5-3-2-4-6-17/h7-8,15,17,19-20H,2-6,9-14H2,1H3,(H,26,30)(H,27,31)(H,28,32). The number of piperidine rings is 1. The van der Waals surface area contributed by atoms with Crippen molar-refractivity contribution < 1.29 is 19.2 Å². The SMILES string of the molecule is Cc1ccc(C(=O)NC2CC2)cc1NC(=O)C(=O)NC1CCN(C(=O)C2CCCCC2)CC1. The van der Waals surface area contributed by atoms with Crippen LogP contribution in [0, 0.1) is 12.8 Å². The first kappa shape index (κ1) is 23.3. The van der Waals surface area contributed by atoms with Crippen LogP contribution in [0.25, 0.3) is 0 Å². The molecule has 0 atom stereocenters. The first-order chi connectivity index (χ1) is 15.9. The number of nitrogens with one attached hydrogen (secondary N) is 3. The molecule has 3 N–H and O–H groups in total. The van der Waals surface area contributed by atoms with Crippen molar-refractivity contribution in [3.63, 3.8) is 0 Å². The second-order valence-corrected chi connectivity index (χ2v) is 9.64. The molecule has 1 saturated heterocycles. The lowest BCUT2D eigenvalue weighted by Gasteiger charge is -2.35. The van der Waals surface area contributed by atoms with Gasteiger partial charge in [0.15, 0.2) is 0 Å². The molecule has 0 spiro atoms. The summed E-state index contributed by atoms with van der Waals surface area (Å²) in [4.78, 5) is 51.9. The van der Waals surface area contributed by atoms with Crippen LogP contribution in [0.5, 0.6) is 0 Å². The summed E-state index contributed by atoms with van der Waals surface area (Å²) in [5, 5.41) is 8.36. The third-order valence-corrected chi connectivity index (χ3v) is 6.96. The van der Waals surface area contributed by atoms with Gasteiger partial charge in [-0.25, -0.2) is 0 Å². The monoisotopic (exact) mass is 454 g/mol. The predicted molar refractivity (Wildman–Crippen MR) is 125 cm³/mol. The first-order valence-electron chi connectivity index (χ1n) is 12.2. The third kappa shape index (κ3) is 6.12. The van der Waals surface area contributed by atoms with Gasteiger partial charge in [0.25, 0.3) is 5.91 Å². The minimum absolute atomic E-state index is 0.129. The number of nitrogens with zero attached hydrogens (tertiary/aromatic N) is 1. The van der Waals surface area contributed by atoms with Crippen molar-refractivity contribution >= 4 is 29.3 Å². The molecule has 0 radical (unpaired) electrons. The Morgan fingerprint density at radius 1 is 0.818 bits per heavy atom. The number of benzene rings is 1. The number of aryl methyl sites for hydroxylation is 1. The lowest BCUT2D eigenvalue weighted by Crippen LogP contribution is -2.50. The molecule has 1 aromatic carbocycles. The molecule has 1 aromatic rings. The molecule has 2 aliphatic carbocycles. The number of carbonyl (C=O) groups excluding carboxylic acids is 4. The Morgan fingerprint density at radius 3 is 2.15 bits per heavy atom. The second-order valence-electron chi connectivity index (χ2n) is 9.64. The van der Waals surface area contributed by atoms with E-state index >= 15 is 0 Å². The van der Waals surface area contributed by atoms with Crippen LogP contribution >= 0.6 is 0 Å². The van der Waals surface area contributed by atoms with E-state index in [1.807, 2.05) is 11.8 Å². The Morgan fingerprint density at radius 2 is 1.48 bits per heavy atom. The number of likely N-dealkylation sites (tertiary alicyclic amines) is 1. The largest absolute Gasteiger partial charge is 0.349 e. The van der Waals surface area contributed by atoms with Crippen molar-refractivity contribution in [2.75, 3.05) is 18.4 Å². The van der Waals surface area contributed by atoms with E-state index in [0.29, 0.717) is 37.2 Å². The summed E-state index contributed by atoms with van der Waals surface area (Å²) in [6.07, 6.45) is 8.73. The minimum Gasteiger partial charge on any atom is -0.349 e. The number of hydrogen-bond donors (Lipinski definition) is 3. The van der Waals surface area contributed by atoms with Crippen LogP contribution in [0.3, 0.4) is 0 Å². The summed E-state index contributed by atoms with van der Waals surface area (Å²) in [5.41, 5.74) is 1.68. The number of hydrogen-bond acceptors (Lipinski definition) is 4. The van der Waals surface area contributed by atoms with Gasteiger partial charge in [-0.15, -0.1) is 0 Å². The van der Waals surface area contributed by atoms with E-state index in [-0.39, 0.29) is 29.8 Å². The van der Waals surface area contributed by atoms with Crippen LogP contribution in [0.4, 0.5) is 5.69 Å². The number of amides is 4. The van der Waals surface area contributed by atoms with E-state index in [9.17, 15) is 19.2 Å². The van der Waals surface area contributed by atoms with E-state index in [1.165, 1.54) is 6.42 Å². The van der Waals surface area contributed by atoms with E-state index in [4.69, 9.17) is 0 Å². The van der Waals surface area contributed by atoms with Gasteiger partial charge in [0.1, 0.15) is 0 Å². The molecule has 2 saturated carbocycles. The normalized spacial score (nSPS) is 19.6. The zero-order chi connectivity index (χ0) is 23.4. The first-order valence-corrected chi connectivity index (χ1v) is 12.2. The molecule has 0 aromatic heterocycles. The summed E-state index contributed by atoms with van der Waals surface area (Å²) in [5.74, 6) is -1.22. The van der Waals surface area contributed by atoms with Crippen molar-refractivity contribution in [1.82, 2.24) is 15.5 Å². The van der Waals surface area contributed by atoms with Gasteiger partial charge in [0.2, 0.25) is 5.91 Å². The Labute approximate surface area is 194 Å². The van der Waals surface area contributed by atoms with Gasteiger partial charge in [-0.2, -0.15) is 0 Å². The molecule has 4 rings (SSSR count). The molecule has 33 heavy (non-hydrogen) atoms. The van der Waals surface area contributed by atoms with Crippen LogP contribution in [0.2, 0.25) is 0 Å². The maximum Gasteiger partial charge on any atom is 0.313 e. The van der Waals surface area contributed by atoms with Gasteiger partial charge < -0.3 is 20.9 Å². The Balaban J connectivity index is 1.25. The molecular formula is C25H34N4O4. The molecule has 0 unspecified atom stereocenters. The third-order valence-electron chi connectivity index (χ3n) is 6.96. The van der Waals surface area contributed by atoms with Crippen molar-refractivity contribution in [2.45, 2.75) is 76.8 Å². The number of rotatable bonds is 5. The van der Waals surface area contributed by atoms with E-state index in [1.54, 1.807) is 18.2 Å². The van der Waals surface area contributed by atoms with Crippen LogP contribution in [-0.2, 0) is 14.4 Å². The average molecular weight is 455 g/mol. The summed E-state index contributed by atoms with van der Waals surface area (Å²) in [7, 11) is 0. The fourth-order valence-electron chi connectivity index (χ4n) is 4.68. The maximum atomic E-state index is 12.7. The maximum absolute atomic E-state index is 12.7. The Hall–Kier alpha value is -2.90. The van der Waals surface area contributed by atoms with Crippen LogP contribution in [-0.4, -0.2) is 53.7 Å². The smallest absolute Gasteiger partial charge is 0.313 e. The summed E-state index contributed by atoms with van der Waals surface area (Å²) in [6.45, 7) is 3.04. The number of carbonyl (C=O) groups is 4. The fraction of sp³-hybridized carbons (Fsp3) is 0.600. The molecule has 8 nitrogen and oxygen atoms in total. The van der Waals surface area contributed by atoms with Crippen LogP contribution in [0.1, 0.15) is 73.7 Å². The van der Waals surface area contributed by atoms with Gasteiger partial charge in [-0.3, -0.25) is 19.2 Å². The average Bonchev–Trinajstić information content (AvgIpc) is 3.65. The van der Waals surface area contributed by atoms with Gasteiger partial charge in [0, 0.05) is 42.3 Å². The molecule has 4 amide bonds. The Kier molecular flexibility index (Phi) is 7.30.